The van der Waals surface area contributed by atoms with Crippen LogP contribution < -0.4 is 5.73 Å². The van der Waals surface area contributed by atoms with Crippen LogP contribution in [0.2, 0.25) is 0 Å². The van der Waals surface area contributed by atoms with Crippen molar-refractivity contribution >= 4 is 15.7 Å². The average Bonchev–Trinajstić information content (AvgIpc) is 2.45. The van der Waals surface area contributed by atoms with E-state index in [1.54, 1.807) is 30.3 Å². The Morgan fingerprint density at radius 3 is 2.38 bits per heavy atom. The Kier molecular flexibility index (Phi) is 4.43. The van der Waals surface area contributed by atoms with Gasteiger partial charge in [0.2, 0.25) is 0 Å². The van der Waals surface area contributed by atoms with Crippen LogP contribution in [-0.2, 0) is 16.3 Å². The summed E-state index contributed by atoms with van der Waals surface area (Å²) in [4.78, 5) is 0.364. The van der Waals surface area contributed by atoms with Crippen LogP contribution >= 0.6 is 0 Å². The minimum atomic E-state index is -3.27. The van der Waals surface area contributed by atoms with E-state index in [4.69, 9.17) is 11.1 Å². The van der Waals surface area contributed by atoms with Crippen molar-refractivity contribution in [3.8, 4) is 0 Å². The van der Waals surface area contributed by atoms with E-state index in [1.807, 2.05) is 25.1 Å². The molecule has 3 N–H and O–H groups in total. The molecule has 0 spiro atoms. The fourth-order valence-electron chi connectivity index (χ4n) is 2.03. The molecule has 0 bridgehead atoms. The minimum absolute atomic E-state index is 0.00827. The van der Waals surface area contributed by atoms with Crippen LogP contribution in [0.1, 0.15) is 16.7 Å². The molecule has 0 aliphatic carbocycles. The van der Waals surface area contributed by atoms with Crippen molar-refractivity contribution in [3.05, 3.63) is 65.2 Å². The summed E-state index contributed by atoms with van der Waals surface area (Å²) in [7, 11) is -3.27. The summed E-state index contributed by atoms with van der Waals surface area (Å²) in [6, 6.07) is 14.0. The van der Waals surface area contributed by atoms with Gasteiger partial charge in [0.25, 0.3) is 0 Å². The molecule has 2 aromatic rings. The van der Waals surface area contributed by atoms with Crippen molar-refractivity contribution in [2.24, 2.45) is 5.73 Å². The Morgan fingerprint density at radius 1 is 1.14 bits per heavy atom. The van der Waals surface area contributed by atoms with E-state index < -0.39 is 9.84 Å². The van der Waals surface area contributed by atoms with Gasteiger partial charge in [0.15, 0.2) is 9.84 Å². The zero-order chi connectivity index (χ0) is 15.5. The molecule has 0 atom stereocenters. The molecule has 0 fully saturated rings. The van der Waals surface area contributed by atoms with Crippen molar-refractivity contribution < 1.29 is 8.42 Å². The van der Waals surface area contributed by atoms with Gasteiger partial charge in [-0.05, 0) is 36.6 Å². The van der Waals surface area contributed by atoms with E-state index in [9.17, 15) is 8.42 Å². The maximum atomic E-state index is 12.3. The van der Waals surface area contributed by atoms with Crippen LogP contribution in [0.5, 0.6) is 0 Å². The summed E-state index contributed by atoms with van der Waals surface area (Å²) in [5.41, 5.74) is 7.87. The molecule has 21 heavy (non-hydrogen) atoms. The molecule has 0 aliphatic rings. The lowest BCUT2D eigenvalue weighted by atomic mass is 10.1. The summed E-state index contributed by atoms with van der Waals surface area (Å²) in [5, 5.41) is 7.32. The van der Waals surface area contributed by atoms with Gasteiger partial charge < -0.3 is 5.73 Å². The molecular weight excluding hydrogens is 284 g/mol. The number of nitrogens with two attached hydrogens (primary N) is 1. The normalized spacial score (nSPS) is 11.3. The molecule has 0 heterocycles. The lowest BCUT2D eigenvalue weighted by Gasteiger charge is -2.06. The molecule has 0 aliphatic heterocycles. The van der Waals surface area contributed by atoms with Crippen LogP contribution in [0.3, 0.4) is 0 Å². The molecule has 0 radical (unpaired) electrons. The lowest BCUT2D eigenvalue weighted by Crippen LogP contribution is -2.12. The summed E-state index contributed by atoms with van der Waals surface area (Å²) in [6.07, 6.45) is 0.439. The lowest BCUT2D eigenvalue weighted by molar-refractivity contribution is 0.595. The molecule has 2 rings (SSSR count). The Hall–Kier alpha value is -2.14. The fourth-order valence-corrected chi connectivity index (χ4v) is 3.42. The highest BCUT2D eigenvalue weighted by Crippen LogP contribution is 2.15. The van der Waals surface area contributed by atoms with Crippen molar-refractivity contribution in [1.82, 2.24) is 0 Å². The van der Waals surface area contributed by atoms with Gasteiger partial charge in [-0.3, -0.25) is 5.41 Å². The Bertz CT molecular complexity index is 750. The van der Waals surface area contributed by atoms with Gasteiger partial charge in [0.1, 0.15) is 5.84 Å². The van der Waals surface area contributed by atoms with Crippen LogP contribution in [0.25, 0.3) is 0 Å². The van der Waals surface area contributed by atoms with Gasteiger partial charge in [-0.15, -0.1) is 0 Å². The molecule has 110 valence electrons. The summed E-state index contributed by atoms with van der Waals surface area (Å²) < 4.78 is 24.6. The smallest absolute Gasteiger partial charge is 0.178 e. The number of amidine groups is 1. The average molecular weight is 302 g/mol. The van der Waals surface area contributed by atoms with Gasteiger partial charge in [-0.25, -0.2) is 8.42 Å². The SMILES string of the molecule is Cc1cccc(S(=O)(=O)CCc2ccc(C(=N)N)cc2)c1. The second-order valence-electron chi connectivity index (χ2n) is 5.00. The predicted molar refractivity (Wildman–Crippen MR) is 84.4 cm³/mol. The Balaban J connectivity index is 2.10. The number of hydrogen-bond donors (Lipinski definition) is 2. The third kappa shape index (κ3) is 3.92. The first-order valence-corrected chi connectivity index (χ1v) is 8.26. The first-order chi connectivity index (χ1) is 9.88. The maximum absolute atomic E-state index is 12.3. The van der Waals surface area contributed by atoms with E-state index in [0.29, 0.717) is 16.9 Å². The van der Waals surface area contributed by atoms with Crippen molar-refractivity contribution in [2.45, 2.75) is 18.2 Å². The van der Waals surface area contributed by atoms with Crippen molar-refractivity contribution in [1.29, 1.82) is 5.41 Å². The van der Waals surface area contributed by atoms with Gasteiger partial charge in [0.05, 0.1) is 10.6 Å². The third-order valence-corrected chi connectivity index (χ3v) is 4.99. The second kappa shape index (κ2) is 6.10. The fraction of sp³-hybridized carbons (Fsp3) is 0.188. The molecule has 0 saturated carbocycles. The summed E-state index contributed by atoms with van der Waals surface area (Å²) >= 11 is 0. The molecule has 5 heteroatoms. The molecular formula is C16H18N2O2S. The molecule has 0 saturated heterocycles. The van der Waals surface area contributed by atoms with E-state index >= 15 is 0 Å². The van der Waals surface area contributed by atoms with Gasteiger partial charge >= 0.3 is 0 Å². The monoisotopic (exact) mass is 302 g/mol. The highest BCUT2D eigenvalue weighted by Gasteiger charge is 2.14. The standard InChI is InChI=1S/C16H18N2O2S/c1-12-3-2-4-15(11-12)21(19,20)10-9-13-5-7-14(8-6-13)16(17)18/h2-8,11H,9-10H2,1H3,(H3,17,18). The van der Waals surface area contributed by atoms with Crippen LogP contribution in [0.15, 0.2) is 53.4 Å². The topological polar surface area (TPSA) is 84.0 Å². The van der Waals surface area contributed by atoms with E-state index in [2.05, 4.69) is 0 Å². The number of nitrogens with one attached hydrogen (secondary N) is 1. The number of benzene rings is 2. The van der Waals surface area contributed by atoms with Gasteiger partial charge in [0, 0.05) is 5.56 Å². The predicted octanol–water partition coefficient (Wildman–Crippen LogP) is 2.30. The molecule has 0 aromatic heterocycles. The quantitative estimate of drug-likeness (QED) is 0.656. The van der Waals surface area contributed by atoms with Gasteiger partial charge in [-0.2, -0.15) is 0 Å². The summed E-state index contributed by atoms with van der Waals surface area (Å²) in [5.74, 6) is 0.0736. The first-order valence-electron chi connectivity index (χ1n) is 6.61. The van der Waals surface area contributed by atoms with Gasteiger partial charge in [-0.1, -0.05) is 36.4 Å². The Morgan fingerprint density at radius 2 is 1.81 bits per heavy atom. The highest BCUT2D eigenvalue weighted by atomic mass is 32.2. The van der Waals surface area contributed by atoms with E-state index in [1.165, 1.54) is 0 Å². The van der Waals surface area contributed by atoms with Crippen molar-refractivity contribution in [3.63, 3.8) is 0 Å². The number of nitrogen functional groups attached to an aromatic ring is 1. The molecule has 0 unspecified atom stereocenters. The molecule has 4 nitrogen and oxygen atoms in total. The Labute approximate surface area is 125 Å². The zero-order valence-electron chi connectivity index (χ0n) is 11.8. The van der Waals surface area contributed by atoms with Crippen LogP contribution in [-0.4, -0.2) is 20.0 Å². The first kappa shape index (κ1) is 15.3. The highest BCUT2D eigenvalue weighted by molar-refractivity contribution is 7.91. The number of hydrogen-bond acceptors (Lipinski definition) is 3. The van der Waals surface area contributed by atoms with Crippen LogP contribution in [0, 0.1) is 12.3 Å². The number of rotatable bonds is 5. The van der Waals surface area contributed by atoms with Crippen LogP contribution in [0.4, 0.5) is 0 Å². The zero-order valence-corrected chi connectivity index (χ0v) is 12.7. The third-order valence-electron chi connectivity index (χ3n) is 3.27. The number of aryl methyl sites for hydroxylation is 2. The second-order valence-corrected chi connectivity index (χ2v) is 7.11. The maximum Gasteiger partial charge on any atom is 0.178 e. The van der Waals surface area contributed by atoms with E-state index in [0.717, 1.165) is 11.1 Å². The summed E-state index contributed by atoms with van der Waals surface area (Å²) in [6.45, 7) is 1.87. The largest absolute Gasteiger partial charge is 0.384 e. The van der Waals surface area contributed by atoms with Crippen molar-refractivity contribution in [2.75, 3.05) is 5.75 Å². The number of sulfone groups is 1. The molecule has 0 amide bonds. The van der Waals surface area contributed by atoms with E-state index in [-0.39, 0.29) is 11.6 Å². The minimum Gasteiger partial charge on any atom is -0.384 e. The molecule has 2 aromatic carbocycles.